The average molecular weight is 320 g/mol. The molecule has 0 aliphatic carbocycles. The number of benzene rings is 1. The predicted octanol–water partition coefficient (Wildman–Crippen LogP) is 2.72. The second-order valence-electron chi connectivity index (χ2n) is 4.51. The molecule has 1 amide bonds. The molecule has 1 aromatic carbocycles. The zero-order chi connectivity index (χ0) is 16.2. The normalized spacial score (nSPS) is 12.6. The molecule has 0 aromatic heterocycles. The highest BCUT2D eigenvalue weighted by Gasteiger charge is 2.31. The summed E-state index contributed by atoms with van der Waals surface area (Å²) in [6.07, 6.45) is -4.39. The van der Waals surface area contributed by atoms with Crippen LogP contribution in [-0.2, 0) is 0 Å². The number of amides is 1. The van der Waals surface area contributed by atoms with Gasteiger partial charge in [0.2, 0.25) is 0 Å². The van der Waals surface area contributed by atoms with Crippen molar-refractivity contribution in [1.82, 2.24) is 4.90 Å². The molecular formula is C13H15F3N2O2S. The molecule has 0 heterocycles. The Hall–Kier alpha value is -1.83. The Balaban J connectivity index is 2.77. The number of rotatable bonds is 5. The van der Waals surface area contributed by atoms with E-state index in [1.807, 2.05) is 0 Å². The highest BCUT2D eigenvalue weighted by atomic mass is 32.1. The molecule has 0 saturated heterocycles. The van der Waals surface area contributed by atoms with Crippen LogP contribution < -0.4 is 10.5 Å². The van der Waals surface area contributed by atoms with Crippen LogP contribution in [0.4, 0.5) is 13.2 Å². The van der Waals surface area contributed by atoms with E-state index >= 15 is 0 Å². The van der Waals surface area contributed by atoms with Crippen molar-refractivity contribution in [3.05, 3.63) is 29.8 Å². The van der Waals surface area contributed by atoms with Gasteiger partial charge in [0.05, 0.1) is 4.99 Å². The first-order valence-corrected chi connectivity index (χ1v) is 6.42. The number of thiocarbonyl (C=S) groups is 1. The number of carbonyl (C=O) groups is 1. The maximum absolute atomic E-state index is 12.1. The van der Waals surface area contributed by atoms with Crippen LogP contribution in [0.3, 0.4) is 0 Å². The first-order chi connectivity index (χ1) is 9.60. The zero-order valence-electron chi connectivity index (χ0n) is 11.5. The molecule has 2 N–H and O–H groups in total. The fourth-order valence-corrected chi connectivity index (χ4v) is 1.87. The quantitative estimate of drug-likeness (QED) is 0.848. The molecule has 0 radical (unpaired) electrons. The van der Waals surface area contributed by atoms with Crippen LogP contribution in [0.15, 0.2) is 24.3 Å². The summed E-state index contributed by atoms with van der Waals surface area (Å²) in [6.45, 7) is 1.78. The molecule has 1 atom stereocenters. The monoisotopic (exact) mass is 320 g/mol. The highest BCUT2D eigenvalue weighted by Crippen LogP contribution is 2.23. The molecule has 1 unspecified atom stereocenters. The topological polar surface area (TPSA) is 55.6 Å². The summed E-state index contributed by atoms with van der Waals surface area (Å²) in [4.78, 5) is 13.9. The van der Waals surface area contributed by atoms with Crippen LogP contribution in [0.25, 0.3) is 0 Å². The molecule has 0 fully saturated rings. The number of nitrogens with zero attached hydrogens (tertiary/aromatic N) is 1. The summed E-state index contributed by atoms with van der Waals surface area (Å²) < 4.78 is 39.8. The van der Waals surface area contributed by atoms with Crippen molar-refractivity contribution in [2.75, 3.05) is 7.05 Å². The lowest BCUT2D eigenvalue weighted by atomic mass is 10.1. The van der Waals surface area contributed by atoms with E-state index in [1.165, 1.54) is 17.0 Å². The number of ether oxygens (including phenoxy) is 1. The largest absolute Gasteiger partial charge is 0.573 e. The van der Waals surface area contributed by atoms with Crippen molar-refractivity contribution in [2.24, 2.45) is 5.73 Å². The van der Waals surface area contributed by atoms with Crippen molar-refractivity contribution in [3.8, 4) is 5.75 Å². The first kappa shape index (κ1) is 17.2. The van der Waals surface area contributed by atoms with Crippen molar-refractivity contribution in [2.45, 2.75) is 25.7 Å². The van der Waals surface area contributed by atoms with Gasteiger partial charge >= 0.3 is 6.36 Å². The van der Waals surface area contributed by atoms with Gasteiger partial charge in [-0.3, -0.25) is 4.79 Å². The van der Waals surface area contributed by atoms with E-state index in [0.29, 0.717) is 6.42 Å². The van der Waals surface area contributed by atoms with Crippen molar-refractivity contribution >= 4 is 23.1 Å². The van der Waals surface area contributed by atoms with Gasteiger partial charge in [-0.2, -0.15) is 0 Å². The van der Waals surface area contributed by atoms with Gasteiger partial charge in [-0.15, -0.1) is 13.2 Å². The van der Waals surface area contributed by atoms with Crippen LogP contribution in [0, 0.1) is 0 Å². The Bertz CT molecular complexity index is 517. The molecule has 1 rings (SSSR count). The molecule has 4 nitrogen and oxygen atoms in total. The van der Waals surface area contributed by atoms with Crippen LogP contribution >= 0.6 is 12.2 Å². The molecule has 0 saturated carbocycles. The van der Waals surface area contributed by atoms with Crippen LogP contribution in [0.1, 0.15) is 23.7 Å². The van der Waals surface area contributed by atoms with Crippen molar-refractivity contribution in [1.29, 1.82) is 0 Å². The van der Waals surface area contributed by atoms with E-state index in [-0.39, 0.29) is 28.3 Å². The number of alkyl halides is 3. The van der Waals surface area contributed by atoms with Crippen LogP contribution in [0.2, 0.25) is 0 Å². The molecule has 0 aliphatic rings. The Labute approximate surface area is 125 Å². The Morgan fingerprint density at radius 2 is 1.90 bits per heavy atom. The lowest BCUT2D eigenvalue weighted by Gasteiger charge is -2.24. The summed E-state index contributed by atoms with van der Waals surface area (Å²) in [5.74, 6) is -0.713. The van der Waals surface area contributed by atoms with E-state index in [0.717, 1.165) is 12.1 Å². The number of halogens is 3. The number of hydrogen-bond acceptors (Lipinski definition) is 3. The number of carbonyl (C=O) groups excluding carboxylic acids is 1. The fourth-order valence-electron chi connectivity index (χ4n) is 1.63. The SMILES string of the molecule is CC(CC(N)=S)N(C)C(=O)c1ccc(OC(F)(F)F)cc1. The Morgan fingerprint density at radius 1 is 1.38 bits per heavy atom. The minimum absolute atomic E-state index is 0.207. The summed E-state index contributed by atoms with van der Waals surface area (Å²) >= 11 is 4.78. The summed E-state index contributed by atoms with van der Waals surface area (Å²) in [7, 11) is 1.57. The van der Waals surface area contributed by atoms with Gasteiger partial charge in [-0.25, -0.2) is 0 Å². The zero-order valence-corrected chi connectivity index (χ0v) is 12.3. The number of hydrogen-bond donors (Lipinski definition) is 1. The minimum Gasteiger partial charge on any atom is -0.406 e. The Morgan fingerprint density at radius 3 is 2.33 bits per heavy atom. The molecule has 21 heavy (non-hydrogen) atoms. The van der Waals surface area contributed by atoms with Gasteiger partial charge < -0.3 is 15.4 Å². The van der Waals surface area contributed by atoms with Crippen molar-refractivity contribution < 1.29 is 22.7 Å². The van der Waals surface area contributed by atoms with E-state index in [2.05, 4.69) is 4.74 Å². The lowest BCUT2D eigenvalue weighted by molar-refractivity contribution is -0.274. The molecule has 0 spiro atoms. The van der Waals surface area contributed by atoms with Gasteiger partial charge in [-0.1, -0.05) is 12.2 Å². The molecular weight excluding hydrogens is 305 g/mol. The predicted molar refractivity (Wildman–Crippen MR) is 76.1 cm³/mol. The standard InChI is InChI=1S/C13H15F3N2O2S/c1-8(7-11(17)21)18(2)12(19)9-3-5-10(6-4-9)20-13(14,15)16/h3-6,8H,7H2,1-2H3,(H2,17,21). The third-order valence-corrected chi connectivity index (χ3v) is 2.98. The minimum atomic E-state index is -4.76. The average Bonchev–Trinajstić information content (AvgIpc) is 2.35. The van der Waals surface area contributed by atoms with Gasteiger partial charge in [0.1, 0.15) is 5.75 Å². The van der Waals surface area contributed by atoms with E-state index < -0.39 is 6.36 Å². The smallest absolute Gasteiger partial charge is 0.406 e. The second-order valence-corrected chi connectivity index (χ2v) is 5.03. The van der Waals surface area contributed by atoms with Gasteiger partial charge in [0.25, 0.3) is 5.91 Å². The summed E-state index contributed by atoms with van der Waals surface area (Å²) in [5, 5.41) is 0. The van der Waals surface area contributed by atoms with Gasteiger partial charge in [0.15, 0.2) is 0 Å². The molecule has 0 bridgehead atoms. The molecule has 116 valence electrons. The third kappa shape index (κ3) is 5.58. The first-order valence-electron chi connectivity index (χ1n) is 6.01. The van der Waals surface area contributed by atoms with E-state index in [9.17, 15) is 18.0 Å². The van der Waals surface area contributed by atoms with Crippen LogP contribution in [-0.4, -0.2) is 35.2 Å². The summed E-state index contributed by atoms with van der Waals surface area (Å²) in [5.41, 5.74) is 5.67. The second kappa shape index (κ2) is 6.75. The van der Waals surface area contributed by atoms with Gasteiger partial charge in [0, 0.05) is 25.1 Å². The van der Waals surface area contributed by atoms with Crippen molar-refractivity contribution in [3.63, 3.8) is 0 Å². The van der Waals surface area contributed by atoms with Gasteiger partial charge in [-0.05, 0) is 31.2 Å². The molecule has 0 aliphatic heterocycles. The summed E-state index contributed by atoms with van der Waals surface area (Å²) in [6, 6.07) is 4.52. The molecule has 8 heteroatoms. The number of nitrogens with two attached hydrogens (primary N) is 1. The fraction of sp³-hybridized carbons (Fsp3) is 0.385. The maximum atomic E-state index is 12.1. The maximum Gasteiger partial charge on any atom is 0.573 e. The lowest BCUT2D eigenvalue weighted by Crippen LogP contribution is -2.37. The van der Waals surface area contributed by atoms with Crippen LogP contribution in [0.5, 0.6) is 5.75 Å². The third-order valence-electron chi connectivity index (χ3n) is 2.81. The Kier molecular flexibility index (Phi) is 5.54. The van der Waals surface area contributed by atoms with E-state index in [4.69, 9.17) is 18.0 Å². The van der Waals surface area contributed by atoms with E-state index in [1.54, 1.807) is 14.0 Å². The highest BCUT2D eigenvalue weighted by molar-refractivity contribution is 7.80. The molecule has 1 aromatic rings.